The van der Waals surface area contributed by atoms with Crippen molar-refractivity contribution in [3.8, 4) is 0 Å². The lowest BCUT2D eigenvalue weighted by Gasteiger charge is -2.33. The smallest absolute Gasteiger partial charge is 0.227 e. The van der Waals surface area contributed by atoms with Gasteiger partial charge in [0.05, 0.1) is 11.7 Å². The second-order valence-corrected chi connectivity index (χ2v) is 5.83. The van der Waals surface area contributed by atoms with Crippen LogP contribution in [0.4, 0.5) is 0 Å². The molecule has 1 amide bonds. The van der Waals surface area contributed by atoms with E-state index in [-0.39, 0.29) is 17.4 Å². The van der Waals surface area contributed by atoms with E-state index in [2.05, 4.69) is 17.6 Å². The molecule has 1 aromatic heterocycles. The van der Waals surface area contributed by atoms with Gasteiger partial charge in [0.2, 0.25) is 5.91 Å². The average Bonchev–Trinajstić information content (AvgIpc) is 2.90. The summed E-state index contributed by atoms with van der Waals surface area (Å²) in [6, 6.07) is 4.05. The topological polar surface area (TPSA) is 54.3 Å². The van der Waals surface area contributed by atoms with E-state index in [1.54, 1.807) is 6.26 Å². The molecule has 106 valence electrons. The number of aryl methyl sites for hydroxylation is 1. The number of hydrogen-bond donors (Lipinski definition) is 2. The van der Waals surface area contributed by atoms with Crippen LogP contribution in [0.15, 0.2) is 22.8 Å². The molecule has 2 unspecified atom stereocenters. The number of amides is 1. The molecule has 2 rings (SSSR count). The van der Waals surface area contributed by atoms with Gasteiger partial charge in [0.1, 0.15) is 5.76 Å². The van der Waals surface area contributed by atoms with Crippen molar-refractivity contribution in [3.05, 3.63) is 24.2 Å². The third-order valence-electron chi connectivity index (χ3n) is 3.93. The highest BCUT2D eigenvalue weighted by molar-refractivity contribution is 5.82. The third kappa shape index (κ3) is 3.83. The highest BCUT2D eigenvalue weighted by Gasteiger charge is 2.34. The second kappa shape index (κ2) is 6.24. The molecule has 1 aromatic rings. The molecule has 1 fully saturated rings. The molecule has 0 saturated carbocycles. The first-order chi connectivity index (χ1) is 9.10. The summed E-state index contributed by atoms with van der Waals surface area (Å²) in [7, 11) is 0. The molecule has 0 spiro atoms. The van der Waals surface area contributed by atoms with Crippen LogP contribution in [-0.4, -0.2) is 25.0 Å². The molecule has 2 heterocycles. The van der Waals surface area contributed by atoms with E-state index in [9.17, 15) is 4.79 Å². The maximum Gasteiger partial charge on any atom is 0.227 e. The van der Waals surface area contributed by atoms with E-state index in [0.29, 0.717) is 0 Å². The van der Waals surface area contributed by atoms with Gasteiger partial charge in [-0.05, 0) is 51.8 Å². The lowest BCUT2D eigenvalue weighted by molar-refractivity contribution is -0.131. The van der Waals surface area contributed by atoms with E-state index in [1.165, 1.54) is 0 Å². The standard InChI is InChI=1S/C15H24N2O2/c1-12(6-7-13-5-3-10-19-13)17-14(18)15(2)8-4-9-16-11-15/h3,5,10,12,16H,4,6-9,11H2,1-2H3,(H,17,18). The summed E-state index contributed by atoms with van der Waals surface area (Å²) in [5.74, 6) is 1.15. The maximum absolute atomic E-state index is 12.3. The zero-order chi connectivity index (χ0) is 13.7. The Balaban J connectivity index is 1.77. The molecule has 1 aliphatic heterocycles. The number of furan rings is 1. The normalized spacial score (nSPS) is 24.9. The summed E-state index contributed by atoms with van der Waals surface area (Å²) in [6.07, 6.45) is 5.50. The quantitative estimate of drug-likeness (QED) is 0.856. The van der Waals surface area contributed by atoms with Crippen LogP contribution in [0.1, 0.15) is 38.9 Å². The highest BCUT2D eigenvalue weighted by Crippen LogP contribution is 2.25. The van der Waals surface area contributed by atoms with Crippen molar-refractivity contribution in [1.82, 2.24) is 10.6 Å². The van der Waals surface area contributed by atoms with Crippen LogP contribution >= 0.6 is 0 Å². The van der Waals surface area contributed by atoms with E-state index in [0.717, 1.165) is 44.5 Å². The zero-order valence-electron chi connectivity index (χ0n) is 11.9. The molecule has 4 heteroatoms. The fourth-order valence-corrected chi connectivity index (χ4v) is 2.53. The largest absolute Gasteiger partial charge is 0.469 e. The third-order valence-corrected chi connectivity index (χ3v) is 3.93. The number of rotatable bonds is 5. The minimum absolute atomic E-state index is 0.173. The van der Waals surface area contributed by atoms with E-state index >= 15 is 0 Å². The van der Waals surface area contributed by atoms with Crippen LogP contribution in [0.2, 0.25) is 0 Å². The number of carbonyl (C=O) groups excluding carboxylic acids is 1. The van der Waals surface area contributed by atoms with Gasteiger partial charge >= 0.3 is 0 Å². The summed E-state index contributed by atoms with van der Waals surface area (Å²) in [4.78, 5) is 12.3. The predicted molar refractivity (Wildman–Crippen MR) is 74.8 cm³/mol. The van der Waals surface area contributed by atoms with Crippen LogP contribution in [0.3, 0.4) is 0 Å². The van der Waals surface area contributed by atoms with E-state index in [1.807, 2.05) is 19.1 Å². The molecular weight excluding hydrogens is 240 g/mol. The van der Waals surface area contributed by atoms with Gasteiger partial charge in [0.15, 0.2) is 0 Å². The van der Waals surface area contributed by atoms with Gasteiger partial charge in [-0.3, -0.25) is 4.79 Å². The molecule has 19 heavy (non-hydrogen) atoms. The minimum Gasteiger partial charge on any atom is -0.469 e. The molecule has 0 aliphatic carbocycles. The van der Waals surface area contributed by atoms with Gasteiger partial charge < -0.3 is 15.1 Å². The lowest BCUT2D eigenvalue weighted by Crippen LogP contribution is -2.50. The van der Waals surface area contributed by atoms with Gasteiger partial charge in [0.25, 0.3) is 0 Å². The lowest BCUT2D eigenvalue weighted by atomic mass is 9.81. The summed E-state index contributed by atoms with van der Waals surface area (Å²) in [5.41, 5.74) is -0.253. The fourth-order valence-electron chi connectivity index (χ4n) is 2.53. The molecular formula is C15H24N2O2. The molecule has 2 atom stereocenters. The molecule has 2 N–H and O–H groups in total. The number of piperidine rings is 1. The van der Waals surface area contributed by atoms with Gasteiger partial charge in [-0.1, -0.05) is 0 Å². The Morgan fingerprint density at radius 2 is 2.47 bits per heavy atom. The summed E-state index contributed by atoms with van der Waals surface area (Å²) in [6.45, 7) is 5.91. The summed E-state index contributed by atoms with van der Waals surface area (Å²) < 4.78 is 5.30. The first-order valence-corrected chi connectivity index (χ1v) is 7.14. The Morgan fingerprint density at radius 1 is 1.63 bits per heavy atom. The molecule has 1 saturated heterocycles. The molecule has 0 radical (unpaired) electrons. The summed E-state index contributed by atoms with van der Waals surface area (Å²) >= 11 is 0. The average molecular weight is 264 g/mol. The second-order valence-electron chi connectivity index (χ2n) is 5.83. The van der Waals surface area contributed by atoms with Gasteiger partial charge in [-0.2, -0.15) is 0 Å². The Morgan fingerprint density at radius 3 is 3.11 bits per heavy atom. The van der Waals surface area contributed by atoms with Crippen LogP contribution in [0.25, 0.3) is 0 Å². The monoisotopic (exact) mass is 264 g/mol. The van der Waals surface area contributed by atoms with Crippen molar-refractivity contribution in [2.45, 2.75) is 45.6 Å². The van der Waals surface area contributed by atoms with Crippen molar-refractivity contribution >= 4 is 5.91 Å². The van der Waals surface area contributed by atoms with Crippen LogP contribution in [0.5, 0.6) is 0 Å². The van der Waals surface area contributed by atoms with Gasteiger partial charge in [-0.15, -0.1) is 0 Å². The molecule has 4 nitrogen and oxygen atoms in total. The van der Waals surface area contributed by atoms with Gasteiger partial charge in [-0.25, -0.2) is 0 Å². The van der Waals surface area contributed by atoms with Crippen molar-refractivity contribution in [3.63, 3.8) is 0 Å². The molecule has 0 aromatic carbocycles. The first kappa shape index (κ1) is 14.1. The zero-order valence-corrected chi connectivity index (χ0v) is 11.9. The van der Waals surface area contributed by atoms with Crippen LogP contribution in [-0.2, 0) is 11.2 Å². The molecule has 1 aliphatic rings. The van der Waals surface area contributed by atoms with Gasteiger partial charge in [0, 0.05) is 19.0 Å². The van der Waals surface area contributed by atoms with Crippen molar-refractivity contribution < 1.29 is 9.21 Å². The van der Waals surface area contributed by atoms with E-state index < -0.39 is 0 Å². The Labute approximate surface area is 114 Å². The Hall–Kier alpha value is -1.29. The van der Waals surface area contributed by atoms with Crippen molar-refractivity contribution in [1.29, 1.82) is 0 Å². The maximum atomic E-state index is 12.3. The van der Waals surface area contributed by atoms with Crippen LogP contribution < -0.4 is 10.6 Å². The van der Waals surface area contributed by atoms with Crippen molar-refractivity contribution in [2.75, 3.05) is 13.1 Å². The van der Waals surface area contributed by atoms with Crippen LogP contribution in [0, 0.1) is 5.41 Å². The molecule has 0 bridgehead atoms. The number of nitrogens with one attached hydrogen (secondary N) is 2. The fraction of sp³-hybridized carbons (Fsp3) is 0.667. The van der Waals surface area contributed by atoms with E-state index in [4.69, 9.17) is 4.42 Å². The highest BCUT2D eigenvalue weighted by atomic mass is 16.3. The number of carbonyl (C=O) groups is 1. The predicted octanol–water partition coefficient (Wildman–Crippen LogP) is 2.11. The number of hydrogen-bond acceptors (Lipinski definition) is 3. The Bertz CT molecular complexity index is 394. The SMILES string of the molecule is CC(CCc1ccco1)NC(=O)C1(C)CCCNC1. The Kier molecular flexibility index (Phi) is 4.64. The minimum atomic E-state index is -0.253. The van der Waals surface area contributed by atoms with Crippen molar-refractivity contribution in [2.24, 2.45) is 5.41 Å². The summed E-state index contributed by atoms with van der Waals surface area (Å²) in [5, 5.41) is 6.44. The first-order valence-electron chi connectivity index (χ1n) is 7.14.